The second-order valence-electron chi connectivity index (χ2n) is 8.87. The molecule has 2 N–H and O–H groups in total. The van der Waals surface area contributed by atoms with Crippen molar-refractivity contribution in [2.45, 2.75) is 86.6 Å². The molecule has 1 rings (SSSR count). The Kier molecular flexibility index (Phi) is 8.91. The molecule has 0 saturated heterocycles. The van der Waals surface area contributed by atoms with Crippen LogP contribution < -0.4 is 10.6 Å². The maximum Gasteiger partial charge on any atom is 0.433 e. The van der Waals surface area contributed by atoms with E-state index in [1.165, 1.54) is 0 Å². The van der Waals surface area contributed by atoms with Crippen molar-refractivity contribution in [2.24, 2.45) is 21.1 Å². The van der Waals surface area contributed by atoms with E-state index in [2.05, 4.69) is 41.7 Å². The molecule has 1 saturated carbocycles. The van der Waals surface area contributed by atoms with Crippen LogP contribution in [0.1, 0.15) is 80.6 Å². The Balaban J connectivity index is 2.65. The van der Waals surface area contributed by atoms with Crippen molar-refractivity contribution in [1.29, 1.82) is 0 Å². The number of hydrogen-bond acceptors (Lipinski definition) is 6. The predicted octanol–water partition coefficient (Wildman–Crippen LogP) is 4.60. The molecule has 160 valence electrons. The van der Waals surface area contributed by atoms with Crippen molar-refractivity contribution in [3.63, 3.8) is 0 Å². The van der Waals surface area contributed by atoms with Crippen molar-refractivity contribution >= 4 is 23.6 Å². The van der Waals surface area contributed by atoms with Gasteiger partial charge in [0, 0.05) is 12.6 Å². The molecule has 0 aliphatic heterocycles. The van der Waals surface area contributed by atoms with Gasteiger partial charge >= 0.3 is 12.2 Å². The minimum Gasteiger partial charge on any atom is -0.319 e. The molecular weight excluding hydrogens is 360 g/mol. The van der Waals surface area contributed by atoms with Gasteiger partial charge in [-0.1, -0.05) is 44.9 Å². The van der Waals surface area contributed by atoms with Crippen LogP contribution in [0.2, 0.25) is 0 Å². The fourth-order valence-electron chi connectivity index (χ4n) is 3.75. The monoisotopic (exact) mass is 396 g/mol. The molecule has 2 amide bonds. The largest absolute Gasteiger partial charge is 0.433 e. The van der Waals surface area contributed by atoms with Gasteiger partial charge in [0.05, 0.1) is 11.4 Å². The highest BCUT2D eigenvalue weighted by Crippen LogP contribution is 2.45. The summed E-state index contributed by atoms with van der Waals surface area (Å²) >= 11 is 0. The summed E-state index contributed by atoms with van der Waals surface area (Å²) in [4.78, 5) is 33.8. The highest BCUT2D eigenvalue weighted by atomic mass is 16.7. The lowest BCUT2D eigenvalue weighted by Gasteiger charge is -2.46. The lowest BCUT2D eigenvalue weighted by molar-refractivity contribution is 0.0629. The summed E-state index contributed by atoms with van der Waals surface area (Å²) in [6.45, 7) is 14.4. The maximum atomic E-state index is 12.1. The smallest absolute Gasteiger partial charge is 0.319 e. The summed E-state index contributed by atoms with van der Waals surface area (Å²) in [6.07, 6.45) is 2.81. The number of oxime groups is 2. The molecule has 1 fully saturated rings. The van der Waals surface area contributed by atoms with Gasteiger partial charge in [-0.2, -0.15) is 0 Å². The van der Waals surface area contributed by atoms with Crippen LogP contribution in [0.5, 0.6) is 0 Å². The third-order valence-corrected chi connectivity index (χ3v) is 5.02. The summed E-state index contributed by atoms with van der Waals surface area (Å²) < 4.78 is 0. The van der Waals surface area contributed by atoms with Gasteiger partial charge in [0.1, 0.15) is 0 Å². The van der Waals surface area contributed by atoms with Gasteiger partial charge in [0.2, 0.25) is 0 Å². The highest BCUT2D eigenvalue weighted by molar-refractivity contribution is 5.82. The zero-order valence-corrected chi connectivity index (χ0v) is 18.3. The van der Waals surface area contributed by atoms with E-state index in [0.29, 0.717) is 6.54 Å². The van der Waals surface area contributed by atoms with Gasteiger partial charge in [-0.15, -0.1) is 0 Å². The Hall–Kier alpha value is -2.12. The second kappa shape index (κ2) is 10.4. The number of nitrogens with zero attached hydrogens (tertiary/aromatic N) is 2. The zero-order valence-electron chi connectivity index (χ0n) is 18.3. The minimum atomic E-state index is -0.564. The van der Waals surface area contributed by atoms with Gasteiger partial charge in [0.15, 0.2) is 0 Å². The second-order valence-corrected chi connectivity index (χ2v) is 8.87. The molecule has 1 aliphatic rings. The van der Waals surface area contributed by atoms with Crippen LogP contribution in [-0.2, 0) is 9.68 Å². The zero-order chi connectivity index (χ0) is 21.4. The Bertz CT molecular complexity index is 615. The van der Waals surface area contributed by atoms with Gasteiger partial charge < -0.3 is 10.6 Å². The van der Waals surface area contributed by atoms with E-state index in [9.17, 15) is 9.59 Å². The van der Waals surface area contributed by atoms with Gasteiger partial charge in [-0.25, -0.2) is 9.59 Å². The Morgan fingerprint density at radius 1 is 0.964 bits per heavy atom. The van der Waals surface area contributed by atoms with Crippen LogP contribution in [0.25, 0.3) is 0 Å². The third-order valence-electron chi connectivity index (χ3n) is 5.02. The first-order valence-electron chi connectivity index (χ1n) is 9.98. The fraction of sp³-hybridized carbons (Fsp3) is 0.800. The lowest BCUT2D eigenvalue weighted by Crippen LogP contribution is -2.50. The molecule has 2 atom stereocenters. The SMILES string of the molecule is CC/C(C)=N\OC(=O)NCC1(C)CC(NC(=O)O/N=C(/C)CC)CC(C)(C)C1. The van der Waals surface area contributed by atoms with Crippen LogP contribution >= 0.6 is 0 Å². The van der Waals surface area contributed by atoms with Crippen LogP contribution in [0.4, 0.5) is 9.59 Å². The number of carbonyl (C=O) groups excluding carboxylic acids is 2. The van der Waals surface area contributed by atoms with E-state index in [4.69, 9.17) is 9.68 Å². The van der Waals surface area contributed by atoms with E-state index < -0.39 is 12.2 Å². The number of amides is 2. The topological polar surface area (TPSA) is 101 Å². The molecule has 2 unspecified atom stereocenters. The first kappa shape index (κ1) is 23.9. The van der Waals surface area contributed by atoms with Crippen LogP contribution in [-0.4, -0.2) is 36.2 Å². The molecule has 8 nitrogen and oxygen atoms in total. The number of carbonyl (C=O) groups is 2. The van der Waals surface area contributed by atoms with Crippen LogP contribution in [0.3, 0.4) is 0 Å². The molecular formula is C20H36N4O4. The van der Waals surface area contributed by atoms with Crippen LogP contribution in [0.15, 0.2) is 10.3 Å². The maximum absolute atomic E-state index is 12.1. The highest BCUT2D eigenvalue weighted by Gasteiger charge is 2.42. The van der Waals surface area contributed by atoms with E-state index in [1.807, 2.05) is 20.8 Å². The molecule has 0 aromatic carbocycles. The average molecular weight is 397 g/mol. The van der Waals surface area contributed by atoms with Gasteiger partial charge in [-0.3, -0.25) is 9.68 Å². The average Bonchev–Trinajstić information content (AvgIpc) is 2.60. The van der Waals surface area contributed by atoms with E-state index in [1.54, 1.807) is 6.92 Å². The van der Waals surface area contributed by atoms with E-state index in [-0.39, 0.29) is 16.9 Å². The summed E-state index contributed by atoms with van der Waals surface area (Å²) in [5.41, 5.74) is 1.33. The number of hydrogen-bond donors (Lipinski definition) is 2. The molecule has 0 aromatic rings. The Morgan fingerprint density at radius 2 is 1.50 bits per heavy atom. The van der Waals surface area contributed by atoms with Gasteiger partial charge in [-0.05, 0) is 56.8 Å². The summed E-state index contributed by atoms with van der Waals surface area (Å²) in [6, 6.07) is -0.0587. The predicted molar refractivity (Wildman–Crippen MR) is 110 cm³/mol. The Morgan fingerprint density at radius 3 is 2.04 bits per heavy atom. The quantitative estimate of drug-likeness (QED) is 0.373. The first-order valence-corrected chi connectivity index (χ1v) is 9.98. The molecule has 8 heteroatoms. The van der Waals surface area contributed by atoms with Crippen molar-refractivity contribution in [2.75, 3.05) is 6.54 Å². The van der Waals surface area contributed by atoms with Crippen molar-refractivity contribution in [3.8, 4) is 0 Å². The number of nitrogens with one attached hydrogen (secondary N) is 2. The summed E-state index contributed by atoms with van der Waals surface area (Å²) in [5.74, 6) is 0. The van der Waals surface area contributed by atoms with Crippen molar-refractivity contribution in [1.82, 2.24) is 10.6 Å². The first-order chi connectivity index (χ1) is 13.0. The summed E-state index contributed by atoms with van der Waals surface area (Å²) in [5, 5.41) is 13.3. The summed E-state index contributed by atoms with van der Waals surface area (Å²) in [7, 11) is 0. The molecule has 0 aromatic heterocycles. The minimum absolute atomic E-state index is 0.0100. The lowest BCUT2D eigenvalue weighted by atomic mass is 9.62. The molecule has 0 radical (unpaired) electrons. The standard InChI is InChI=1S/C20H36N4O4/c1-8-14(3)23-27-17(25)21-13-20(7)11-16(10-19(5,6)12-20)22-18(26)28-24-15(4)9-2/h16H,8-13H2,1-7H3,(H,21,25)(H,22,26)/b23-14-,24-15-. The number of rotatable bonds is 7. The Labute approximate surface area is 168 Å². The molecule has 28 heavy (non-hydrogen) atoms. The third kappa shape index (κ3) is 8.71. The van der Waals surface area contributed by atoms with Crippen molar-refractivity contribution in [3.05, 3.63) is 0 Å². The van der Waals surface area contributed by atoms with Crippen LogP contribution in [0, 0.1) is 10.8 Å². The fourth-order valence-corrected chi connectivity index (χ4v) is 3.75. The van der Waals surface area contributed by atoms with E-state index in [0.717, 1.165) is 43.5 Å². The normalized spacial score (nSPS) is 25.0. The van der Waals surface area contributed by atoms with E-state index >= 15 is 0 Å². The molecule has 0 spiro atoms. The van der Waals surface area contributed by atoms with Crippen molar-refractivity contribution < 1.29 is 19.3 Å². The molecule has 0 bridgehead atoms. The molecule has 0 heterocycles. The molecule has 1 aliphatic carbocycles. The van der Waals surface area contributed by atoms with Gasteiger partial charge in [0.25, 0.3) is 0 Å².